The average molecular weight is 280 g/mol. The molecular weight excluding hydrogens is 256 g/mol. The van der Waals surface area contributed by atoms with Gasteiger partial charge in [-0.3, -0.25) is 4.79 Å². The van der Waals surface area contributed by atoms with Crippen molar-refractivity contribution < 1.29 is 14.3 Å². The highest BCUT2D eigenvalue weighted by molar-refractivity contribution is 5.77. The second-order valence-corrected chi connectivity index (χ2v) is 4.47. The van der Waals surface area contributed by atoms with Crippen molar-refractivity contribution in [2.45, 2.75) is 12.8 Å². The smallest absolute Gasteiger partial charge is 0.233 e. The van der Waals surface area contributed by atoms with Gasteiger partial charge in [0, 0.05) is 20.3 Å². The lowest BCUT2D eigenvalue weighted by atomic mass is 10.1. The molecule has 0 spiro atoms. The number of benzene rings is 1. The Hall–Kier alpha value is -1.59. The maximum Gasteiger partial charge on any atom is 0.233 e. The van der Waals surface area contributed by atoms with Crippen LogP contribution in [-0.4, -0.2) is 46.4 Å². The Kier molecular flexibility index (Phi) is 8.42. The van der Waals surface area contributed by atoms with Crippen molar-refractivity contribution in [1.29, 1.82) is 0 Å². The first-order chi connectivity index (χ1) is 9.76. The van der Waals surface area contributed by atoms with E-state index in [4.69, 9.17) is 9.47 Å². The first kappa shape index (κ1) is 16.5. The fourth-order valence-corrected chi connectivity index (χ4v) is 1.74. The third kappa shape index (κ3) is 7.11. The van der Waals surface area contributed by atoms with Gasteiger partial charge in [-0.15, -0.1) is 0 Å². The van der Waals surface area contributed by atoms with Crippen LogP contribution in [-0.2, 0) is 16.0 Å². The van der Waals surface area contributed by atoms with Crippen LogP contribution in [0.2, 0.25) is 0 Å². The predicted octanol–water partition coefficient (Wildman–Crippen LogP) is 0.980. The lowest BCUT2D eigenvalue weighted by Crippen LogP contribution is -2.35. The normalized spacial score (nSPS) is 10.3. The molecule has 0 fully saturated rings. The van der Waals surface area contributed by atoms with E-state index >= 15 is 0 Å². The molecule has 1 aromatic carbocycles. The Morgan fingerprint density at radius 1 is 1.15 bits per heavy atom. The zero-order valence-electron chi connectivity index (χ0n) is 12.3. The summed E-state index contributed by atoms with van der Waals surface area (Å²) < 4.78 is 10.0. The van der Waals surface area contributed by atoms with Crippen molar-refractivity contribution in [3.63, 3.8) is 0 Å². The number of hydrogen-bond donors (Lipinski definition) is 2. The van der Waals surface area contributed by atoms with E-state index in [0.29, 0.717) is 19.7 Å². The van der Waals surface area contributed by atoms with Crippen LogP contribution in [0.4, 0.5) is 0 Å². The zero-order chi connectivity index (χ0) is 14.6. The summed E-state index contributed by atoms with van der Waals surface area (Å²) in [5.74, 6) is 0.869. The Labute approximate surface area is 120 Å². The maximum atomic E-state index is 11.5. The highest BCUT2D eigenvalue weighted by Gasteiger charge is 2.00. The van der Waals surface area contributed by atoms with Gasteiger partial charge in [0.05, 0.1) is 13.7 Å². The van der Waals surface area contributed by atoms with Crippen molar-refractivity contribution in [2.75, 3.05) is 40.5 Å². The average Bonchev–Trinajstić information content (AvgIpc) is 2.48. The summed E-state index contributed by atoms with van der Waals surface area (Å²) in [5, 5.41) is 5.96. The summed E-state index contributed by atoms with van der Waals surface area (Å²) >= 11 is 0. The van der Waals surface area contributed by atoms with E-state index in [1.807, 2.05) is 24.3 Å². The molecule has 0 atom stereocenters. The van der Waals surface area contributed by atoms with Crippen molar-refractivity contribution >= 4 is 5.91 Å². The topological polar surface area (TPSA) is 59.6 Å². The molecule has 0 radical (unpaired) electrons. The molecule has 1 amide bonds. The lowest BCUT2D eigenvalue weighted by molar-refractivity contribution is -0.120. The van der Waals surface area contributed by atoms with E-state index in [0.717, 1.165) is 25.1 Å². The molecule has 2 N–H and O–H groups in total. The van der Waals surface area contributed by atoms with Crippen LogP contribution < -0.4 is 15.4 Å². The minimum atomic E-state index is 0.0240. The van der Waals surface area contributed by atoms with Gasteiger partial charge in [-0.05, 0) is 37.1 Å². The minimum Gasteiger partial charge on any atom is -0.497 e. The second kappa shape index (κ2) is 10.2. The van der Waals surface area contributed by atoms with Crippen LogP contribution in [0.1, 0.15) is 12.0 Å². The fourth-order valence-electron chi connectivity index (χ4n) is 1.74. The summed E-state index contributed by atoms with van der Waals surface area (Å²) in [6.07, 6.45) is 1.73. The van der Waals surface area contributed by atoms with Gasteiger partial charge in [-0.2, -0.15) is 0 Å². The molecule has 0 aliphatic rings. The summed E-state index contributed by atoms with van der Waals surface area (Å²) in [7, 11) is 3.32. The monoisotopic (exact) mass is 280 g/mol. The zero-order valence-corrected chi connectivity index (χ0v) is 12.3. The number of nitrogens with one attached hydrogen (secondary N) is 2. The van der Waals surface area contributed by atoms with E-state index in [9.17, 15) is 4.79 Å². The first-order valence-electron chi connectivity index (χ1n) is 6.85. The fraction of sp³-hybridized carbons (Fsp3) is 0.533. The molecule has 1 aromatic rings. The minimum absolute atomic E-state index is 0.0240. The Bertz CT molecular complexity index is 379. The quantitative estimate of drug-likeness (QED) is 0.627. The molecule has 112 valence electrons. The van der Waals surface area contributed by atoms with Gasteiger partial charge in [-0.1, -0.05) is 12.1 Å². The van der Waals surface area contributed by atoms with Crippen LogP contribution in [0.3, 0.4) is 0 Å². The standard InChI is InChI=1S/C15H24N2O3/c1-19-11-3-9-16-12-15(18)17-10-8-13-4-6-14(20-2)7-5-13/h4-7,16H,3,8-12H2,1-2H3,(H,17,18). The van der Waals surface area contributed by atoms with Crippen molar-refractivity contribution in [1.82, 2.24) is 10.6 Å². The number of ether oxygens (including phenoxy) is 2. The summed E-state index contributed by atoms with van der Waals surface area (Å²) in [6, 6.07) is 7.87. The second-order valence-electron chi connectivity index (χ2n) is 4.47. The predicted molar refractivity (Wildman–Crippen MR) is 79.1 cm³/mol. The number of amides is 1. The highest BCUT2D eigenvalue weighted by Crippen LogP contribution is 2.11. The molecular formula is C15H24N2O3. The van der Waals surface area contributed by atoms with Gasteiger partial charge < -0.3 is 20.1 Å². The summed E-state index contributed by atoms with van der Waals surface area (Å²) in [6.45, 7) is 2.50. The van der Waals surface area contributed by atoms with Crippen LogP contribution in [0.15, 0.2) is 24.3 Å². The summed E-state index contributed by atoms with van der Waals surface area (Å²) in [5.41, 5.74) is 1.18. The van der Waals surface area contributed by atoms with E-state index in [-0.39, 0.29) is 5.91 Å². The molecule has 0 aliphatic carbocycles. The Balaban J connectivity index is 2.08. The first-order valence-corrected chi connectivity index (χ1v) is 6.85. The largest absolute Gasteiger partial charge is 0.497 e. The maximum absolute atomic E-state index is 11.5. The molecule has 0 bridgehead atoms. The van der Waals surface area contributed by atoms with Crippen molar-refractivity contribution in [2.24, 2.45) is 0 Å². The van der Waals surface area contributed by atoms with Crippen LogP contribution in [0, 0.1) is 0 Å². The molecule has 0 saturated carbocycles. The third-order valence-electron chi connectivity index (χ3n) is 2.88. The van der Waals surface area contributed by atoms with E-state index in [1.54, 1.807) is 14.2 Å². The highest BCUT2D eigenvalue weighted by atomic mass is 16.5. The van der Waals surface area contributed by atoms with Crippen molar-refractivity contribution in [3.05, 3.63) is 29.8 Å². The molecule has 0 saturated heterocycles. The molecule has 20 heavy (non-hydrogen) atoms. The van der Waals surface area contributed by atoms with Gasteiger partial charge in [-0.25, -0.2) is 0 Å². The van der Waals surface area contributed by atoms with Crippen molar-refractivity contribution in [3.8, 4) is 5.75 Å². The number of carbonyl (C=O) groups excluding carboxylic acids is 1. The molecule has 0 heterocycles. The molecule has 0 unspecified atom stereocenters. The Morgan fingerprint density at radius 2 is 1.90 bits per heavy atom. The van der Waals surface area contributed by atoms with E-state index < -0.39 is 0 Å². The molecule has 5 heteroatoms. The van der Waals surface area contributed by atoms with E-state index in [1.165, 1.54) is 5.56 Å². The molecule has 1 rings (SSSR count). The van der Waals surface area contributed by atoms with Gasteiger partial charge in [0.15, 0.2) is 0 Å². The summed E-state index contributed by atoms with van der Waals surface area (Å²) in [4.78, 5) is 11.5. The molecule has 0 aromatic heterocycles. The number of methoxy groups -OCH3 is 2. The van der Waals surface area contributed by atoms with Gasteiger partial charge in [0.2, 0.25) is 5.91 Å². The van der Waals surface area contributed by atoms with Gasteiger partial charge in [0.25, 0.3) is 0 Å². The number of rotatable bonds is 10. The number of hydrogen-bond acceptors (Lipinski definition) is 4. The van der Waals surface area contributed by atoms with E-state index in [2.05, 4.69) is 10.6 Å². The molecule has 5 nitrogen and oxygen atoms in total. The number of carbonyl (C=O) groups is 1. The van der Waals surface area contributed by atoms with Crippen LogP contribution in [0.25, 0.3) is 0 Å². The van der Waals surface area contributed by atoms with Crippen LogP contribution >= 0.6 is 0 Å². The Morgan fingerprint density at radius 3 is 2.55 bits per heavy atom. The SMILES string of the molecule is COCCCNCC(=O)NCCc1ccc(OC)cc1. The van der Waals surface area contributed by atoms with Gasteiger partial charge in [0.1, 0.15) is 5.75 Å². The van der Waals surface area contributed by atoms with Gasteiger partial charge >= 0.3 is 0 Å². The molecule has 0 aliphatic heterocycles. The lowest BCUT2D eigenvalue weighted by Gasteiger charge is -2.07. The third-order valence-corrected chi connectivity index (χ3v) is 2.88. The van der Waals surface area contributed by atoms with Crippen LogP contribution in [0.5, 0.6) is 5.75 Å².